The van der Waals surface area contributed by atoms with Crippen molar-refractivity contribution in [2.75, 3.05) is 53.9 Å². The molecule has 0 spiro atoms. The first kappa shape index (κ1) is 22.0. The molecule has 8 heteroatoms. The third-order valence-electron chi connectivity index (χ3n) is 4.55. The molecule has 0 aliphatic heterocycles. The minimum Gasteiger partial charge on any atom is -0.493 e. The molecule has 0 fully saturated rings. The lowest BCUT2D eigenvalue weighted by Crippen LogP contribution is -2.34. The number of hydrogen-bond donors (Lipinski definition) is 1. The molecule has 0 saturated carbocycles. The summed E-state index contributed by atoms with van der Waals surface area (Å²) in [5.74, 6) is 0.849. The van der Waals surface area contributed by atoms with E-state index in [0.717, 1.165) is 11.3 Å². The van der Waals surface area contributed by atoms with E-state index in [-0.39, 0.29) is 17.5 Å². The molecule has 2 rings (SSSR count). The highest BCUT2D eigenvalue weighted by atomic mass is 32.2. The highest BCUT2D eigenvalue weighted by molar-refractivity contribution is 7.89. The van der Waals surface area contributed by atoms with Crippen molar-refractivity contribution in [1.82, 2.24) is 9.62 Å². The predicted molar refractivity (Wildman–Crippen MR) is 112 cm³/mol. The molecule has 1 atom stereocenters. The van der Waals surface area contributed by atoms with Crippen molar-refractivity contribution in [3.63, 3.8) is 0 Å². The second kappa shape index (κ2) is 9.27. The molecular formula is C20H29N3O4S. The van der Waals surface area contributed by atoms with Crippen LogP contribution in [0.2, 0.25) is 0 Å². The van der Waals surface area contributed by atoms with Crippen LogP contribution in [0.3, 0.4) is 0 Å². The van der Waals surface area contributed by atoms with Crippen LogP contribution in [-0.2, 0) is 10.0 Å². The van der Waals surface area contributed by atoms with E-state index in [2.05, 4.69) is 4.72 Å². The SMILES string of the molecule is COc1ccc(S(=O)(=O)NC[C@H](c2ccc(N(C)C)cc2)N(C)C)cc1OC. The molecule has 7 nitrogen and oxygen atoms in total. The lowest BCUT2D eigenvalue weighted by Gasteiger charge is -2.26. The van der Waals surface area contributed by atoms with Gasteiger partial charge < -0.3 is 19.3 Å². The smallest absolute Gasteiger partial charge is 0.240 e. The monoisotopic (exact) mass is 407 g/mol. The first-order valence-corrected chi connectivity index (χ1v) is 10.3. The molecule has 0 unspecified atom stereocenters. The van der Waals surface area contributed by atoms with E-state index in [9.17, 15) is 8.42 Å². The van der Waals surface area contributed by atoms with Gasteiger partial charge in [-0.25, -0.2) is 13.1 Å². The standard InChI is InChI=1S/C20H29N3O4S/c1-22(2)16-9-7-15(8-10-16)18(23(3)4)14-21-28(24,25)17-11-12-19(26-5)20(13-17)27-6/h7-13,18,21H,14H2,1-6H3/t18-/m1/s1. The summed E-state index contributed by atoms with van der Waals surface area (Å²) < 4.78 is 38.6. The summed E-state index contributed by atoms with van der Waals surface area (Å²) >= 11 is 0. The highest BCUT2D eigenvalue weighted by Crippen LogP contribution is 2.29. The van der Waals surface area contributed by atoms with Crippen molar-refractivity contribution in [1.29, 1.82) is 0 Å². The van der Waals surface area contributed by atoms with E-state index in [4.69, 9.17) is 9.47 Å². The van der Waals surface area contributed by atoms with Gasteiger partial charge in [-0.1, -0.05) is 12.1 Å². The zero-order valence-corrected chi connectivity index (χ0v) is 18.1. The van der Waals surface area contributed by atoms with Gasteiger partial charge in [-0.15, -0.1) is 0 Å². The van der Waals surface area contributed by atoms with Crippen LogP contribution in [0.25, 0.3) is 0 Å². The van der Waals surface area contributed by atoms with E-state index < -0.39 is 10.0 Å². The number of methoxy groups -OCH3 is 2. The number of ether oxygens (including phenoxy) is 2. The maximum Gasteiger partial charge on any atom is 0.240 e. The summed E-state index contributed by atoms with van der Waals surface area (Å²) in [5, 5.41) is 0. The number of nitrogens with one attached hydrogen (secondary N) is 1. The largest absolute Gasteiger partial charge is 0.493 e. The Balaban J connectivity index is 2.20. The molecule has 2 aromatic carbocycles. The summed E-state index contributed by atoms with van der Waals surface area (Å²) in [6, 6.07) is 12.5. The minimum atomic E-state index is -3.70. The van der Waals surface area contributed by atoms with Crippen LogP contribution in [0.5, 0.6) is 11.5 Å². The number of rotatable bonds is 9. The molecule has 0 aliphatic carbocycles. The van der Waals surface area contributed by atoms with Crippen LogP contribution < -0.4 is 19.1 Å². The van der Waals surface area contributed by atoms with Gasteiger partial charge in [0.05, 0.1) is 19.1 Å². The summed E-state index contributed by atoms with van der Waals surface area (Å²) in [6.45, 7) is 0.241. The second-order valence-electron chi connectivity index (χ2n) is 6.83. The van der Waals surface area contributed by atoms with Gasteiger partial charge in [0, 0.05) is 38.4 Å². The molecule has 154 valence electrons. The molecule has 2 aromatic rings. The third-order valence-corrected chi connectivity index (χ3v) is 5.97. The summed E-state index contributed by atoms with van der Waals surface area (Å²) in [6.07, 6.45) is 0. The van der Waals surface area contributed by atoms with Crippen molar-refractivity contribution in [3.05, 3.63) is 48.0 Å². The van der Waals surface area contributed by atoms with Gasteiger partial charge >= 0.3 is 0 Å². The summed E-state index contributed by atoms with van der Waals surface area (Å²) in [4.78, 5) is 4.14. The quantitative estimate of drug-likeness (QED) is 0.688. The Bertz CT molecular complexity index is 881. The van der Waals surface area contributed by atoms with Crippen molar-refractivity contribution in [3.8, 4) is 11.5 Å². The lowest BCUT2D eigenvalue weighted by atomic mass is 10.1. The number of likely N-dealkylation sites (N-methyl/N-ethyl adjacent to an activating group) is 1. The van der Waals surface area contributed by atoms with Gasteiger partial charge in [0.25, 0.3) is 0 Å². The number of anilines is 1. The molecule has 0 bridgehead atoms. The second-order valence-corrected chi connectivity index (χ2v) is 8.60. The van der Waals surface area contributed by atoms with E-state index in [1.165, 1.54) is 26.4 Å². The molecule has 1 N–H and O–H groups in total. The van der Waals surface area contributed by atoms with Crippen LogP contribution in [0.4, 0.5) is 5.69 Å². The molecule has 0 saturated heterocycles. The van der Waals surface area contributed by atoms with Crippen LogP contribution in [0.1, 0.15) is 11.6 Å². The molecule has 0 radical (unpaired) electrons. The Morgan fingerprint density at radius 2 is 1.54 bits per heavy atom. The van der Waals surface area contributed by atoms with Gasteiger partial charge in [-0.3, -0.25) is 0 Å². The number of benzene rings is 2. The Hall–Kier alpha value is -2.29. The van der Waals surface area contributed by atoms with Crippen molar-refractivity contribution >= 4 is 15.7 Å². The van der Waals surface area contributed by atoms with E-state index in [1.807, 2.05) is 62.3 Å². The molecule has 28 heavy (non-hydrogen) atoms. The fourth-order valence-corrected chi connectivity index (χ4v) is 3.90. The average Bonchev–Trinajstić information content (AvgIpc) is 2.67. The third kappa shape index (κ3) is 5.15. The molecule has 0 amide bonds. The van der Waals surface area contributed by atoms with Crippen LogP contribution >= 0.6 is 0 Å². The lowest BCUT2D eigenvalue weighted by molar-refractivity contribution is 0.299. The van der Waals surface area contributed by atoms with Crippen molar-refractivity contribution in [2.24, 2.45) is 0 Å². The topological polar surface area (TPSA) is 71.1 Å². The zero-order chi connectivity index (χ0) is 20.9. The number of sulfonamides is 1. The number of hydrogen-bond acceptors (Lipinski definition) is 6. The van der Waals surface area contributed by atoms with E-state index in [1.54, 1.807) is 6.07 Å². The van der Waals surface area contributed by atoms with Crippen LogP contribution in [0, 0.1) is 0 Å². The van der Waals surface area contributed by atoms with E-state index >= 15 is 0 Å². The minimum absolute atomic E-state index is 0.105. The Labute approximate surface area is 167 Å². The van der Waals surface area contributed by atoms with Crippen LogP contribution in [-0.4, -0.2) is 62.3 Å². The Morgan fingerprint density at radius 1 is 0.929 bits per heavy atom. The maximum absolute atomic E-state index is 12.8. The van der Waals surface area contributed by atoms with E-state index in [0.29, 0.717) is 11.5 Å². The highest BCUT2D eigenvalue weighted by Gasteiger charge is 2.21. The zero-order valence-electron chi connectivity index (χ0n) is 17.3. The van der Waals surface area contributed by atoms with Gasteiger partial charge in [0.15, 0.2) is 11.5 Å². The molecule has 0 aromatic heterocycles. The predicted octanol–water partition coefficient (Wildman–Crippen LogP) is 2.35. The van der Waals surface area contributed by atoms with Gasteiger partial charge in [0.2, 0.25) is 10.0 Å². The van der Waals surface area contributed by atoms with Crippen molar-refractivity contribution in [2.45, 2.75) is 10.9 Å². The first-order valence-electron chi connectivity index (χ1n) is 8.85. The average molecular weight is 408 g/mol. The Kier molecular flexibility index (Phi) is 7.29. The molecule has 0 heterocycles. The van der Waals surface area contributed by atoms with Gasteiger partial charge in [-0.2, -0.15) is 0 Å². The summed E-state index contributed by atoms with van der Waals surface area (Å²) in [5.41, 5.74) is 2.12. The number of nitrogens with zero attached hydrogens (tertiary/aromatic N) is 2. The Morgan fingerprint density at radius 3 is 2.04 bits per heavy atom. The van der Waals surface area contributed by atoms with Crippen LogP contribution in [0.15, 0.2) is 47.4 Å². The normalized spacial score (nSPS) is 12.7. The molecule has 0 aliphatic rings. The fraction of sp³-hybridized carbons (Fsp3) is 0.400. The van der Waals surface area contributed by atoms with Crippen molar-refractivity contribution < 1.29 is 17.9 Å². The summed E-state index contributed by atoms with van der Waals surface area (Å²) in [7, 11) is 7.10. The maximum atomic E-state index is 12.8. The van der Waals surface area contributed by atoms with Gasteiger partial charge in [0.1, 0.15) is 0 Å². The van der Waals surface area contributed by atoms with Gasteiger partial charge in [-0.05, 0) is 43.9 Å². The first-order chi connectivity index (χ1) is 13.2. The fourth-order valence-electron chi connectivity index (χ4n) is 2.85. The molecular weight excluding hydrogens is 378 g/mol.